The second kappa shape index (κ2) is 7.99. The van der Waals surface area contributed by atoms with E-state index < -0.39 is 0 Å². The van der Waals surface area contributed by atoms with Crippen molar-refractivity contribution in [1.82, 2.24) is 25.3 Å². The molecule has 2 amide bonds. The minimum atomic E-state index is -0.129. The Kier molecular flexibility index (Phi) is 6.01. The van der Waals surface area contributed by atoms with Gasteiger partial charge in [0, 0.05) is 44.1 Å². The Labute approximate surface area is 125 Å². The predicted molar refractivity (Wildman–Crippen MR) is 80.1 cm³/mol. The summed E-state index contributed by atoms with van der Waals surface area (Å²) in [4.78, 5) is 14.2. The van der Waals surface area contributed by atoms with E-state index in [2.05, 4.69) is 20.6 Å². The molecule has 118 valence electrons. The van der Waals surface area contributed by atoms with Gasteiger partial charge in [0.2, 0.25) is 0 Å². The average Bonchev–Trinajstić information content (AvgIpc) is 2.91. The van der Waals surface area contributed by atoms with Crippen LogP contribution in [0.15, 0.2) is 18.5 Å². The highest BCUT2D eigenvalue weighted by Gasteiger charge is 2.16. The summed E-state index contributed by atoms with van der Waals surface area (Å²) in [6.07, 6.45) is 3.62. The van der Waals surface area contributed by atoms with Crippen LogP contribution in [0.2, 0.25) is 0 Å². The van der Waals surface area contributed by atoms with Gasteiger partial charge in [-0.3, -0.25) is 9.58 Å². The number of nitrogens with zero attached hydrogens (tertiary/aromatic N) is 3. The molecule has 2 atom stereocenters. The van der Waals surface area contributed by atoms with Crippen LogP contribution in [0.25, 0.3) is 0 Å². The quantitative estimate of drug-likeness (QED) is 0.791. The van der Waals surface area contributed by atoms with Gasteiger partial charge in [0.05, 0.1) is 19.8 Å². The van der Waals surface area contributed by atoms with Crippen molar-refractivity contribution in [3.8, 4) is 0 Å². The van der Waals surface area contributed by atoms with Crippen LogP contribution in [0.1, 0.15) is 13.8 Å². The molecule has 0 bridgehead atoms. The van der Waals surface area contributed by atoms with Crippen molar-refractivity contribution in [3.05, 3.63) is 18.5 Å². The molecule has 0 radical (unpaired) electrons. The zero-order valence-corrected chi connectivity index (χ0v) is 12.8. The Balaban J connectivity index is 1.65. The number of rotatable bonds is 6. The van der Waals surface area contributed by atoms with E-state index in [1.165, 1.54) is 0 Å². The summed E-state index contributed by atoms with van der Waals surface area (Å²) in [5, 5.41) is 10.0. The average molecular weight is 295 g/mol. The second-order valence-electron chi connectivity index (χ2n) is 5.56. The van der Waals surface area contributed by atoms with E-state index in [1.54, 1.807) is 6.20 Å². The van der Waals surface area contributed by atoms with Crippen LogP contribution in [0.5, 0.6) is 0 Å². The lowest BCUT2D eigenvalue weighted by Gasteiger charge is -2.29. The molecule has 1 aromatic heterocycles. The lowest BCUT2D eigenvalue weighted by Crippen LogP contribution is -2.50. The molecular weight excluding hydrogens is 270 g/mol. The highest BCUT2D eigenvalue weighted by atomic mass is 16.5. The smallest absolute Gasteiger partial charge is 0.315 e. The zero-order chi connectivity index (χ0) is 15.1. The van der Waals surface area contributed by atoms with Crippen LogP contribution < -0.4 is 10.6 Å². The monoisotopic (exact) mass is 295 g/mol. The zero-order valence-electron chi connectivity index (χ0n) is 12.8. The number of ether oxygens (including phenoxy) is 1. The molecule has 1 fully saturated rings. The second-order valence-corrected chi connectivity index (χ2v) is 5.56. The topological polar surface area (TPSA) is 71.4 Å². The molecule has 1 aliphatic heterocycles. The molecule has 0 unspecified atom stereocenters. The normalized spacial score (nSPS) is 19.0. The van der Waals surface area contributed by atoms with Crippen molar-refractivity contribution in [2.75, 3.05) is 32.8 Å². The minimum absolute atomic E-state index is 0.0282. The first-order valence-electron chi connectivity index (χ1n) is 7.48. The molecule has 1 aromatic rings. The van der Waals surface area contributed by atoms with Crippen molar-refractivity contribution in [1.29, 1.82) is 0 Å². The third-order valence-electron chi connectivity index (χ3n) is 3.41. The predicted octanol–water partition coefficient (Wildman–Crippen LogP) is 0.292. The van der Waals surface area contributed by atoms with Gasteiger partial charge in [-0.15, -0.1) is 0 Å². The van der Waals surface area contributed by atoms with Gasteiger partial charge in [-0.1, -0.05) is 0 Å². The molecule has 1 aliphatic rings. The Bertz CT molecular complexity index is 417. The molecule has 1 saturated heterocycles. The molecule has 7 heteroatoms. The number of urea groups is 1. The molecule has 0 saturated carbocycles. The molecule has 7 nitrogen and oxygen atoms in total. The van der Waals surface area contributed by atoms with Crippen molar-refractivity contribution in [2.45, 2.75) is 32.5 Å². The molecule has 2 N–H and O–H groups in total. The maximum atomic E-state index is 11.9. The molecule has 0 spiro atoms. The van der Waals surface area contributed by atoms with E-state index in [1.807, 2.05) is 30.8 Å². The molecule has 0 aromatic carbocycles. The summed E-state index contributed by atoms with van der Waals surface area (Å²) in [6.45, 7) is 8.93. The van der Waals surface area contributed by atoms with E-state index in [0.29, 0.717) is 6.54 Å². The molecule has 21 heavy (non-hydrogen) atoms. The molecular formula is C14H25N5O2. The van der Waals surface area contributed by atoms with Gasteiger partial charge in [0.25, 0.3) is 0 Å². The third kappa shape index (κ3) is 5.73. The van der Waals surface area contributed by atoms with Crippen LogP contribution >= 0.6 is 0 Å². The van der Waals surface area contributed by atoms with Gasteiger partial charge in [-0.2, -0.15) is 5.10 Å². The maximum Gasteiger partial charge on any atom is 0.315 e. The fourth-order valence-corrected chi connectivity index (χ4v) is 2.44. The van der Waals surface area contributed by atoms with Gasteiger partial charge in [-0.05, 0) is 19.9 Å². The first-order chi connectivity index (χ1) is 10.1. The maximum absolute atomic E-state index is 11.9. The first-order valence-corrected chi connectivity index (χ1v) is 7.48. The summed E-state index contributed by atoms with van der Waals surface area (Å²) >= 11 is 0. The Morgan fingerprint density at radius 3 is 2.52 bits per heavy atom. The van der Waals surface area contributed by atoms with Crippen molar-refractivity contribution in [3.63, 3.8) is 0 Å². The van der Waals surface area contributed by atoms with Crippen LogP contribution in [-0.2, 0) is 11.3 Å². The van der Waals surface area contributed by atoms with Gasteiger partial charge in [0.1, 0.15) is 0 Å². The van der Waals surface area contributed by atoms with E-state index in [4.69, 9.17) is 4.74 Å². The van der Waals surface area contributed by atoms with Crippen LogP contribution in [0, 0.1) is 0 Å². The van der Waals surface area contributed by atoms with Crippen molar-refractivity contribution >= 4 is 6.03 Å². The number of carbonyl (C=O) groups excluding carboxylic acids is 1. The van der Waals surface area contributed by atoms with Gasteiger partial charge < -0.3 is 15.4 Å². The molecule has 2 rings (SSSR count). The highest BCUT2D eigenvalue weighted by Crippen LogP contribution is 1.98. The lowest BCUT2D eigenvalue weighted by atomic mass is 10.3. The van der Waals surface area contributed by atoms with Gasteiger partial charge >= 0.3 is 6.03 Å². The number of amides is 2. The molecule has 0 aliphatic carbocycles. The van der Waals surface area contributed by atoms with Crippen LogP contribution in [0.3, 0.4) is 0 Å². The van der Waals surface area contributed by atoms with Crippen LogP contribution in [0.4, 0.5) is 4.79 Å². The summed E-state index contributed by atoms with van der Waals surface area (Å²) in [5.41, 5.74) is 0. The van der Waals surface area contributed by atoms with Gasteiger partial charge in [0.15, 0.2) is 0 Å². The van der Waals surface area contributed by atoms with Gasteiger partial charge in [-0.25, -0.2) is 4.79 Å². The lowest BCUT2D eigenvalue weighted by molar-refractivity contribution is 0.0349. The fourth-order valence-electron chi connectivity index (χ4n) is 2.44. The van der Waals surface area contributed by atoms with Crippen molar-refractivity contribution < 1.29 is 9.53 Å². The number of nitrogens with one attached hydrogen (secondary N) is 2. The third-order valence-corrected chi connectivity index (χ3v) is 3.41. The van der Waals surface area contributed by atoms with E-state index in [-0.39, 0.29) is 18.1 Å². The number of carbonyl (C=O) groups is 1. The van der Waals surface area contributed by atoms with E-state index >= 15 is 0 Å². The first kappa shape index (κ1) is 15.8. The summed E-state index contributed by atoms with van der Waals surface area (Å²) < 4.78 is 7.12. The SMILES string of the molecule is C[C@H](Cn1cccn1)NC(=O)N[C@@H](C)CN1CCOCC1. The Morgan fingerprint density at radius 1 is 1.24 bits per heavy atom. The van der Waals surface area contributed by atoms with Crippen LogP contribution in [-0.4, -0.2) is 65.6 Å². The molecule has 2 heterocycles. The summed E-state index contributed by atoms with van der Waals surface area (Å²) in [7, 11) is 0. The Hall–Kier alpha value is -1.60. The van der Waals surface area contributed by atoms with Crippen molar-refractivity contribution in [2.24, 2.45) is 0 Å². The van der Waals surface area contributed by atoms with E-state index in [9.17, 15) is 4.79 Å². The minimum Gasteiger partial charge on any atom is -0.379 e. The fraction of sp³-hybridized carbons (Fsp3) is 0.714. The highest BCUT2D eigenvalue weighted by molar-refractivity contribution is 5.74. The largest absolute Gasteiger partial charge is 0.379 e. The Morgan fingerprint density at radius 2 is 1.90 bits per heavy atom. The number of hydrogen-bond acceptors (Lipinski definition) is 4. The standard InChI is InChI=1S/C14H25N5O2/c1-12(10-18-6-8-21-9-7-18)16-14(20)17-13(2)11-19-5-3-4-15-19/h3-5,12-13H,6-11H2,1-2H3,(H2,16,17,20)/t12-,13+/m0/s1. The number of morpholine rings is 1. The summed E-state index contributed by atoms with van der Waals surface area (Å²) in [6, 6.07) is 1.88. The van der Waals surface area contributed by atoms with E-state index in [0.717, 1.165) is 32.8 Å². The number of hydrogen-bond donors (Lipinski definition) is 2. The summed E-state index contributed by atoms with van der Waals surface area (Å²) in [5.74, 6) is 0. The number of aromatic nitrogens is 2.